The molecule has 2 aromatic carbocycles. The highest BCUT2D eigenvalue weighted by molar-refractivity contribution is 5.94. The van der Waals surface area contributed by atoms with E-state index in [1.807, 2.05) is 30.3 Å². The zero-order valence-corrected chi connectivity index (χ0v) is 16.5. The Hall–Kier alpha value is -3.02. The van der Waals surface area contributed by atoms with Crippen LogP contribution in [0.15, 0.2) is 54.6 Å². The summed E-state index contributed by atoms with van der Waals surface area (Å²) in [4.78, 5) is 24.4. The number of amides is 1. The number of carbonyl (C=O) groups excluding carboxylic acids is 2. The largest absolute Gasteiger partial charge is 0.490 e. The van der Waals surface area contributed by atoms with Crippen LogP contribution in [0.3, 0.4) is 0 Å². The summed E-state index contributed by atoms with van der Waals surface area (Å²) in [6, 6.07) is 16.4. The summed E-state index contributed by atoms with van der Waals surface area (Å²) in [7, 11) is 0. The van der Waals surface area contributed by atoms with Crippen molar-refractivity contribution in [1.82, 2.24) is 5.32 Å². The highest BCUT2D eigenvalue weighted by Gasteiger charge is 2.18. The Balaban J connectivity index is 1.44. The molecule has 6 nitrogen and oxygen atoms in total. The topological polar surface area (TPSA) is 73.9 Å². The van der Waals surface area contributed by atoms with Crippen LogP contribution in [-0.4, -0.2) is 37.7 Å². The summed E-state index contributed by atoms with van der Waals surface area (Å²) >= 11 is 0. The van der Waals surface area contributed by atoms with E-state index in [-0.39, 0.29) is 30.7 Å². The van der Waals surface area contributed by atoms with Gasteiger partial charge < -0.3 is 19.5 Å². The van der Waals surface area contributed by atoms with Gasteiger partial charge in [-0.25, -0.2) is 4.79 Å². The van der Waals surface area contributed by atoms with Gasteiger partial charge in [-0.1, -0.05) is 49.6 Å². The quantitative estimate of drug-likeness (QED) is 0.515. The molecule has 0 aliphatic heterocycles. The van der Waals surface area contributed by atoms with Gasteiger partial charge in [0.25, 0.3) is 5.91 Å². The monoisotopic (exact) mass is 397 g/mol. The molecule has 0 atom stereocenters. The van der Waals surface area contributed by atoms with E-state index < -0.39 is 5.97 Å². The number of carbonyl (C=O) groups is 2. The molecule has 1 N–H and O–H groups in total. The van der Waals surface area contributed by atoms with Gasteiger partial charge >= 0.3 is 5.97 Å². The normalized spacial score (nSPS) is 14.1. The summed E-state index contributed by atoms with van der Waals surface area (Å²) in [5.74, 6) is 0.318. The van der Waals surface area contributed by atoms with E-state index in [1.54, 1.807) is 24.3 Å². The number of para-hydroxylation sites is 2. The molecule has 154 valence electrons. The van der Waals surface area contributed by atoms with E-state index in [4.69, 9.17) is 14.2 Å². The van der Waals surface area contributed by atoms with Crippen molar-refractivity contribution in [2.75, 3.05) is 19.8 Å². The average molecular weight is 397 g/mol. The first-order valence-electron chi connectivity index (χ1n) is 10.1. The van der Waals surface area contributed by atoms with E-state index in [2.05, 4.69) is 5.32 Å². The lowest BCUT2D eigenvalue weighted by atomic mass is 9.95. The third-order valence-corrected chi connectivity index (χ3v) is 4.76. The molecule has 0 aromatic heterocycles. The zero-order valence-electron chi connectivity index (χ0n) is 16.5. The molecule has 0 unspecified atom stereocenters. The van der Waals surface area contributed by atoms with Gasteiger partial charge in [0.15, 0.2) is 6.61 Å². The summed E-state index contributed by atoms with van der Waals surface area (Å²) in [6.45, 7) is 0.333. The molecule has 0 heterocycles. The minimum atomic E-state index is -0.580. The van der Waals surface area contributed by atoms with Gasteiger partial charge in [0.1, 0.15) is 30.3 Å². The van der Waals surface area contributed by atoms with Crippen molar-refractivity contribution in [3.63, 3.8) is 0 Å². The number of rotatable bonds is 9. The van der Waals surface area contributed by atoms with E-state index in [9.17, 15) is 9.59 Å². The molecule has 1 fully saturated rings. The minimum absolute atomic E-state index is 0.190. The molecule has 29 heavy (non-hydrogen) atoms. The average Bonchev–Trinajstić information content (AvgIpc) is 2.77. The molecule has 1 aliphatic rings. The van der Waals surface area contributed by atoms with Crippen LogP contribution < -0.4 is 14.8 Å². The Bertz CT molecular complexity index is 787. The van der Waals surface area contributed by atoms with Crippen LogP contribution in [0.4, 0.5) is 0 Å². The maximum Gasteiger partial charge on any atom is 0.342 e. The third-order valence-electron chi connectivity index (χ3n) is 4.76. The third kappa shape index (κ3) is 6.82. The van der Waals surface area contributed by atoms with Gasteiger partial charge in [0.05, 0.1) is 0 Å². The Morgan fingerprint density at radius 3 is 2.34 bits per heavy atom. The number of hydrogen-bond donors (Lipinski definition) is 1. The van der Waals surface area contributed by atoms with Gasteiger partial charge in [0, 0.05) is 6.04 Å². The predicted octanol–water partition coefficient (Wildman–Crippen LogP) is 3.75. The first kappa shape index (κ1) is 20.7. The Morgan fingerprint density at radius 2 is 1.55 bits per heavy atom. The van der Waals surface area contributed by atoms with Crippen LogP contribution in [0.2, 0.25) is 0 Å². The summed E-state index contributed by atoms with van der Waals surface area (Å²) in [5, 5.41) is 2.93. The molecular weight excluding hydrogens is 370 g/mol. The predicted molar refractivity (Wildman–Crippen MR) is 109 cm³/mol. The van der Waals surface area contributed by atoms with Gasteiger partial charge in [-0.15, -0.1) is 0 Å². The number of ether oxygens (including phenoxy) is 3. The molecule has 0 bridgehead atoms. The molecule has 1 aliphatic carbocycles. The fourth-order valence-electron chi connectivity index (χ4n) is 3.31. The van der Waals surface area contributed by atoms with E-state index in [0.717, 1.165) is 31.4 Å². The molecule has 1 amide bonds. The van der Waals surface area contributed by atoms with Crippen molar-refractivity contribution in [3.8, 4) is 11.5 Å². The lowest BCUT2D eigenvalue weighted by Crippen LogP contribution is -2.38. The van der Waals surface area contributed by atoms with Crippen LogP contribution in [0, 0.1) is 0 Å². The smallest absolute Gasteiger partial charge is 0.342 e. The van der Waals surface area contributed by atoms with Gasteiger partial charge in [-0.05, 0) is 37.1 Å². The molecule has 0 saturated heterocycles. The fourth-order valence-corrected chi connectivity index (χ4v) is 3.31. The first-order chi connectivity index (χ1) is 14.2. The summed E-state index contributed by atoms with van der Waals surface area (Å²) in [5.41, 5.74) is 0.290. The van der Waals surface area contributed by atoms with Gasteiger partial charge in [0.2, 0.25) is 0 Å². The van der Waals surface area contributed by atoms with Crippen LogP contribution in [0.1, 0.15) is 42.5 Å². The number of esters is 1. The molecule has 1 saturated carbocycles. The van der Waals surface area contributed by atoms with Crippen LogP contribution in [-0.2, 0) is 9.53 Å². The van der Waals surface area contributed by atoms with Crippen LogP contribution >= 0.6 is 0 Å². The molecule has 2 aromatic rings. The van der Waals surface area contributed by atoms with Crippen LogP contribution in [0.5, 0.6) is 11.5 Å². The molecule has 0 spiro atoms. The van der Waals surface area contributed by atoms with Crippen molar-refractivity contribution in [3.05, 3.63) is 60.2 Å². The standard InChI is InChI=1S/C23H27NO5/c25-22(24-18-9-3-1-4-10-18)17-29-23(26)20-13-7-8-14-21(20)28-16-15-27-19-11-5-2-6-12-19/h2,5-8,11-14,18H,1,3-4,9-10,15-17H2,(H,24,25). The van der Waals surface area contributed by atoms with Gasteiger partial charge in [-0.2, -0.15) is 0 Å². The number of nitrogens with one attached hydrogen (secondary N) is 1. The molecule has 3 rings (SSSR count). The second kappa shape index (κ2) is 11.1. The second-order valence-corrected chi connectivity index (χ2v) is 6.98. The van der Waals surface area contributed by atoms with E-state index in [1.165, 1.54) is 6.42 Å². The lowest BCUT2D eigenvalue weighted by molar-refractivity contribution is -0.125. The highest BCUT2D eigenvalue weighted by Crippen LogP contribution is 2.20. The summed E-state index contributed by atoms with van der Waals surface area (Å²) in [6.07, 6.45) is 5.45. The highest BCUT2D eigenvalue weighted by atomic mass is 16.5. The van der Waals surface area contributed by atoms with Crippen molar-refractivity contribution >= 4 is 11.9 Å². The zero-order chi connectivity index (χ0) is 20.3. The molecule has 0 radical (unpaired) electrons. The number of hydrogen-bond acceptors (Lipinski definition) is 5. The van der Waals surface area contributed by atoms with Gasteiger partial charge in [-0.3, -0.25) is 4.79 Å². The van der Waals surface area contributed by atoms with Crippen molar-refractivity contribution in [2.24, 2.45) is 0 Å². The second-order valence-electron chi connectivity index (χ2n) is 6.98. The minimum Gasteiger partial charge on any atom is -0.490 e. The molecular formula is C23H27NO5. The lowest BCUT2D eigenvalue weighted by Gasteiger charge is -2.22. The van der Waals surface area contributed by atoms with Crippen molar-refractivity contribution in [2.45, 2.75) is 38.1 Å². The maximum atomic E-state index is 12.4. The Kier molecular flexibility index (Phi) is 7.92. The Morgan fingerprint density at radius 1 is 0.862 bits per heavy atom. The fraction of sp³-hybridized carbons (Fsp3) is 0.391. The first-order valence-corrected chi connectivity index (χ1v) is 10.1. The van der Waals surface area contributed by atoms with Crippen molar-refractivity contribution < 1.29 is 23.8 Å². The summed E-state index contributed by atoms with van der Waals surface area (Å²) < 4.78 is 16.5. The van der Waals surface area contributed by atoms with E-state index in [0.29, 0.717) is 12.4 Å². The molecule has 6 heteroatoms. The Labute approximate surface area is 171 Å². The SMILES string of the molecule is O=C(COC(=O)c1ccccc1OCCOc1ccccc1)NC1CCCCC1. The van der Waals surface area contributed by atoms with Crippen molar-refractivity contribution in [1.29, 1.82) is 0 Å². The maximum absolute atomic E-state index is 12.4. The van der Waals surface area contributed by atoms with Crippen LogP contribution in [0.25, 0.3) is 0 Å². The van der Waals surface area contributed by atoms with E-state index >= 15 is 0 Å². The number of benzene rings is 2.